The summed E-state index contributed by atoms with van der Waals surface area (Å²) < 4.78 is 1.68. The molecule has 1 saturated heterocycles. The molecule has 1 fully saturated rings. The lowest BCUT2D eigenvalue weighted by atomic mass is 10.3. The SMILES string of the molecule is C=C(Cl)CNC(=NC)N1CCN(c2cnn(C)c2)C(=O)C1. The van der Waals surface area contributed by atoms with Crippen LogP contribution in [0.2, 0.25) is 0 Å². The van der Waals surface area contributed by atoms with Gasteiger partial charge in [0.1, 0.15) is 6.54 Å². The average molecular weight is 311 g/mol. The van der Waals surface area contributed by atoms with E-state index in [9.17, 15) is 4.79 Å². The fourth-order valence-corrected chi connectivity index (χ4v) is 2.25. The average Bonchev–Trinajstić information content (AvgIpc) is 2.85. The Morgan fingerprint density at radius 1 is 1.57 bits per heavy atom. The molecule has 0 aromatic carbocycles. The van der Waals surface area contributed by atoms with E-state index in [4.69, 9.17) is 11.6 Å². The van der Waals surface area contributed by atoms with Crippen molar-refractivity contribution in [3.63, 3.8) is 0 Å². The van der Waals surface area contributed by atoms with Crippen LogP contribution in [0.4, 0.5) is 5.69 Å². The number of halogens is 1. The number of hydrogen-bond donors (Lipinski definition) is 1. The number of piperazine rings is 1. The van der Waals surface area contributed by atoms with Crippen molar-refractivity contribution in [2.75, 3.05) is 38.1 Å². The Hall–Kier alpha value is -2.02. The second-order valence-electron chi connectivity index (χ2n) is 4.76. The van der Waals surface area contributed by atoms with Gasteiger partial charge in [-0.2, -0.15) is 5.10 Å². The van der Waals surface area contributed by atoms with E-state index >= 15 is 0 Å². The van der Waals surface area contributed by atoms with Crippen LogP contribution in [0.1, 0.15) is 0 Å². The van der Waals surface area contributed by atoms with Crippen LogP contribution in [0.25, 0.3) is 0 Å². The predicted octanol–water partition coefficient (Wildman–Crippen LogP) is 0.397. The lowest BCUT2D eigenvalue weighted by molar-refractivity contribution is -0.120. The molecule has 0 spiro atoms. The second kappa shape index (κ2) is 6.62. The molecule has 0 aliphatic carbocycles. The standard InChI is InChI=1S/C13H19ClN6O/c1-10(14)6-16-13(15-2)19-4-5-20(12(21)9-19)11-7-17-18(3)8-11/h7-8H,1,4-6,9H2,2-3H3,(H,15,16). The number of guanidine groups is 1. The van der Waals surface area contributed by atoms with Crippen molar-refractivity contribution in [1.29, 1.82) is 0 Å². The molecule has 2 heterocycles. The second-order valence-corrected chi connectivity index (χ2v) is 5.29. The largest absolute Gasteiger partial charge is 0.351 e. The third-order valence-electron chi connectivity index (χ3n) is 3.17. The summed E-state index contributed by atoms with van der Waals surface area (Å²) in [5, 5.41) is 7.67. The van der Waals surface area contributed by atoms with Crippen LogP contribution >= 0.6 is 11.6 Å². The number of anilines is 1. The van der Waals surface area contributed by atoms with E-state index in [1.807, 2.05) is 18.1 Å². The smallest absolute Gasteiger partial charge is 0.246 e. The van der Waals surface area contributed by atoms with Crippen LogP contribution in [-0.4, -0.2) is 59.8 Å². The molecule has 8 heteroatoms. The normalized spacial score (nSPS) is 16.3. The molecule has 0 radical (unpaired) electrons. The van der Waals surface area contributed by atoms with Gasteiger partial charge in [-0.1, -0.05) is 18.2 Å². The molecule has 1 aliphatic rings. The summed E-state index contributed by atoms with van der Waals surface area (Å²) in [4.78, 5) is 20.1. The maximum Gasteiger partial charge on any atom is 0.246 e. The van der Waals surface area contributed by atoms with Gasteiger partial charge in [-0.25, -0.2) is 0 Å². The minimum atomic E-state index is 0.0156. The zero-order chi connectivity index (χ0) is 15.4. The van der Waals surface area contributed by atoms with Gasteiger partial charge in [0.15, 0.2) is 5.96 Å². The zero-order valence-electron chi connectivity index (χ0n) is 12.2. The first-order valence-corrected chi connectivity index (χ1v) is 6.97. The van der Waals surface area contributed by atoms with Gasteiger partial charge in [0, 0.05) is 38.4 Å². The van der Waals surface area contributed by atoms with Crippen molar-refractivity contribution < 1.29 is 4.79 Å². The highest BCUT2D eigenvalue weighted by Gasteiger charge is 2.27. The Morgan fingerprint density at radius 3 is 2.86 bits per heavy atom. The number of aliphatic imine (C=N–C) groups is 1. The van der Waals surface area contributed by atoms with Crippen LogP contribution in [-0.2, 0) is 11.8 Å². The van der Waals surface area contributed by atoms with Gasteiger partial charge in [-0.3, -0.25) is 14.5 Å². The maximum absolute atomic E-state index is 12.3. The molecule has 21 heavy (non-hydrogen) atoms. The Balaban J connectivity index is 1.99. The third kappa shape index (κ3) is 3.75. The summed E-state index contributed by atoms with van der Waals surface area (Å²) in [6, 6.07) is 0. The minimum absolute atomic E-state index is 0.0156. The number of aromatic nitrogens is 2. The van der Waals surface area contributed by atoms with E-state index < -0.39 is 0 Å². The van der Waals surface area contributed by atoms with Crippen LogP contribution in [0.5, 0.6) is 0 Å². The summed E-state index contributed by atoms with van der Waals surface area (Å²) in [5.41, 5.74) is 0.819. The molecule has 1 amide bonds. The van der Waals surface area contributed by atoms with Crippen LogP contribution < -0.4 is 10.2 Å². The number of nitrogens with one attached hydrogen (secondary N) is 1. The number of carbonyl (C=O) groups is 1. The summed E-state index contributed by atoms with van der Waals surface area (Å²) in [6.07, 6.45) is 3.52. The van der Waals surface area contributed by atoms with Gasteiger partial charge < -0.3 is 15.1 Å². The number of aryl methyl sites for hydroxylation is 1. The van der Waals surface area contributed by atoms with E-state index in [0.29, 0.717) is 30.6 Å². The topological polar surface area (TPSA) is 65.8 Å². The minimum Gasteiger partial charge on any atom is -0.351 e. The van der Waals surface area contributed by atoms with Crippen molar-refractivity contribution in [2.24, 2.45) is 12.0 Å². The predicted molar refractivity (Wildman–Crippen MR) is 83.5 cm³/mol. The van der Waals surface area contributed by atoms with Crippen molar-refractivity contribution in [3.05, 3.63) is 24.0 Å². The summed E-state index contributed by atoms with van der Waals surface area (Å²) >= 11 is 5.74. The molecule has 114 valence electrons. The molecule has 0 atom stereocenters. The highest BCUT2D eigenvalue weighted by molar-refractivity contribution is 6.29. The third-order valence-corrected chi connectivity index (χ3v) is 3.31. The Bertz CT molecular complexity index is 567. The van der Waals surface area contributed by atoms with Gasteiger partial charge in [0.25, 0.3) is 0 Å². The van der Waals surface area contributed by atoms with E-state index in [2.05, 4.69) is 22.0 Å². The molecule has 2 rings (SSSR count). The number of carbonyl (C=O) groups excluding carboxylic acids is 1. The molecule has 0 bridgehead atoms. The molecule has 1 N–H and O–H groups in total. The Morgan fingerprint density at radius 2 is 2.33 bits per heavy atom. The van der Waals surface area contributed by atoms with Gasteiger partial charge in [0.2, 0.25) is 5.91 Å². The molecular weight excluding hydrogens is 292 g/mol. The van der Waals surface area contributed by atoms with Crippen LogP contribution in [0.3, 0.4) is 0 Å². The zero-order valence-corrected chi connectivity index (χ0v) is 13.0. The molecule has 7 nitrogen and oxygen atoms in total. The Labute approximate surface area is 128 Å². The monoisotopic (exact) mass is 310 g/mol. The maximum atomic E-state index is 12.3. The summed E-state index contributed by atoms with van der Waals surface area (Å²) in [5.74, 6) is 0.665. The lowest BCUT2D eigenvalue weighted by Crippen LogP contribution is -2.55. The molecule has 1 aromatic rings. The fourth-order valence-electron chi connectivity index (χ4n) is 2.18. The van der Waals surface area contributed by atoms with Crippen LogP contribution in [0.15, 0.2) is 29.0 Å². The lowest BCUT2D eigenvalue weighted by Gasteiger charge is -2.35. The van der Waals surface area contributed by atoms with Crippen molar-refractivity contribution in [1.82, 2.24) is 20.0 Å². The van der Waals surface area contributed by atoms with Crippen molar-refractivity contribution in [2.45, 2.75) is 0 Å². The van der Waals surface area contributed by atoms with Gasteiger partial charge >= 0.3 is 0 Å². The molecule has 1 aliphatic heterocycles. The first-order chi connectivity index (χ1) is 10.0. The highest BCUT2D eigenvalue weighted by atomic mass is 35.5. The summed E-state index contributed by atoms with van der Waals surface area (Å²) in [7, 11) is 3.51. The number of hydrogen-bond acceptors (Lipinski definition) is 3. The van der Waals surface area contributed by atoms with Gasteiger partial charge in [-0.15, -0.1) is 0 Å². The van der Waals surface area contributed by atoms with E-state index in [1.165, 1.54) is 0 Å². The van der Waals surface area contributed by atoms with E-state index in [1.54, 1.807) is 22.8 Å². The molecule has 1 aromatic heterocycles. The number of nitrogens with zero attached hydrogens (tertiary/aromatic N) is 5. The Kier molecular flexibility index (Phi) is 4.85. The first kappa shape index (κ1) is 15.4. The molecular formula is C13H19ClN6O. The van der Waals surface area contributed by atoms with Gasteiger partial charge in [-0.05, 0) is 0 Å². The highest BCUT2D eigenvalue weighted by Crippen LogP contribution is 2.16. The van der Waals surface area contributed by atoms with Crippen molar-refractivity contribution >= 4 is 29.2 Å². The van der Waals surface area contributed by atoms with Gasteiger partial charge in [0.05, 0.1) is 18.4 Å². The number of amides is 1. The summed E-state index contributed by atoms with van der Waals surface area (Å²) in [6.45, 7) is 5.59. The number of rotatable bonds is 3. The van der Waals surface area contributed by atoms with Crippen molar-refractivity contribution in [3.8, 4) is 0 Å². The molecule has 0 saturated carbocycles. The molecule has 0 unspecified atom stereocenters. The van der Waals surface area contributed by atoms with E-state index in [0.717, 1.165) is 5.69 Å². The fraction of sp³-hybridized carbons (Fsp3) is 0.462. The first-order valence-electron chi connectivity index (χ1n) is 6.59. The van der Waals surface area contributed by atoms with Crippen LogP contribution in [0, 0.1) is 0 Å². The van der Waals surface area contributed by atoms with E-state index in [-0.39, 0.29) is 12.5 Å². The quantitative estimate of drug-likeness (QED) is 0.648.